The first-order chi connectivity index (χ1) is 10.8. The molecule has 22 heavy (non-hydrogen) atoms. The fraction of sp³-hybridized carbons (Fsp3) is 0.167. The van der Waals surface area contributed by atoms with Gasteiger partial charge in [0.15, 0.2) is 0 Å². The summed E-state index contributed by atoms with van der Waals surface area (Å²) in [5, 5.41) is 22.7. The van der Waals surface area contributed by atoms with E-state index in [2.05, 4.69) is 5.32 Å². The Morgan fingerprint density at radius 1 is 1.00 bits per heavy atom. The highest BCUT2D eigenvalue weighted by molar-refractivity contribution is 5.93. The maximum Gasteiger partial charge on any atom is 0.0942 e. The molecule has 0 unspecified atom stereocenters. The topological polar surface area (TPSA) is 65.4 Å². The lowest BCUT2D eigenvalue weighted by molar-refractivity contribution is 0.105. The van der Waals surface area contributed by atoms with Crippen LogP contribution in [-0.4, -0.2) is 34.5 Å². The molecule has 0 saturated carbocycles. The molecular weight excluding hydrogens is 276 g/mol. The third-order valence-corrected chi connectivity index (χ3v) is 3.52. The third kappa shape index (κ3) is 3.08. The van der Waals surface area contributed by atoms with Crippen molar-refractivity contribution in [2.75, 3.05) is 18.5 Å². The zero-order chi connectivity index (χ0) is 15.4. The number of aliphatic hydroxyl groups is 2. The lowest BCUT2D eigenvalue weighted by Gasteiger charge is -2.14. The van der Waals surface area contributed by atoms with E-state index in [-0.39, 0.29) is 6.61 Å². The van der Waals surface area contributed by atoms with Crippen LogP contribution in [0.1, 0.15) is 0 Å². The number of nitrogens with zero attached hydrogens (tertiary/aromatic N) is 1. The Morgan fingerprint density at radius 2 is 1.73 bits per heavy atom. The number of aliphatic hydroxyl groups excluding tert-OH is 2. The summed E-state index contributed by atoms with van der Waals surface area (Å²) in [7, 11) is 0. The predicted molar refractivity (Wildman–Crippen MR) is 88.8 cm³/mol. The van der Waals surface area contributed by atoms with Crippen LogP contribution in [0.4, 0.5) is 5.69 Å². The molecule has 2 aromatic carbocycles. The summed E-state index contributed by atoms with van der Waals surface area (Å²) < 4.78 is 0. The van der Waals surface area contributed by atoms with Crippen molar-refractivity contribution in [1.29, 1.82) is 0 Å². The Labute approximate surface area is 129 Å². The Balaban J connectivity index is 2.04. The van der Waals surface area contributed by atoms with Gasteiger partial charge in [0.1, 0.15) is 0 Å². The third-order valence-electron chi connectivity index (χ3n) is 3.52. The van der Waals surface area contributed by atoms with Gasteiger partial charge < -0.3 is 15.5 Å². The van der Waals surface area contributed by atoms with E-state index in [1.165, 1.54) is 0 Å². The molecule has 0 aliphatic carbocycles. The summed E-state index contributed by atoms with van der Waals surface area (Å²) >= 11 is 0. The summed E-state index contributed by atoms with van der Waals surface area (Å²) in [6.07, 6.45) is -0.785. The molecule has 4 heteroatoms. The van der Waals surface area contributed by atoms with E-state index in [0.29, 0.717) is 6.54 Å². The summed E-state index contributed by atoms with van der Waals surface area (Å²) in [4.78, 5) is 4.70. The largest absolute Gasteiger partial charge is 0.394 e. The van der Waals surface area contributed by atoms with E-state index in [1.54, 1.807) is 0 Å². The van der Waals surface area contributed by atoms with Crippen molar-refractivity contribution in [3.8, 4) is 11.3 Å². The normalized spacial score (nSPS) is 12.3. The monoisotopic (exact) mass is 294 g/mol. The van der Waals surface area contributed by atoms with Gasteiger partial charge in [-0.15, -0.1) is 0 Å². The number of anilines is 1. The molecule has 1 aromatic heterocycles. The minimum Gasteiger partial charge on any atom is -0.394 e. The molecule has 1 heterocycles. The van der Waals surface area contributed by atoms with E-state index < -0.39 is 6.10 Å². The number of fused-ring (bicyclic) bond motifs is 1. The van der Waals surface area contributed by atoms with E-state index >= 15 is 0 Å². The molecule has 3 N–H and O–H groups in total. The molecule has 0 fully saturated rings. The first-order valence-corrected chi connectivity index (χ1v) is 7.26. The SMILES string of the molecule is OC[C@@H](O)CNc1cc(-c2ccccc2)nc2ccccc12. The molecular formula is C18H18N2O2. The van der Waals surface area contributed by atoms with Crippen LogP contribution in [0.3, 0.4) is 0 Å². The van der Waals surface area contributed by atoms with Crippen LogP contribution in [0, 0.1) is 0 Å². The minimum absolute atomic E-state index is 0.262. The fourth-order valence-corrected chi connectivity index (χ4v) is 2.37. The number of rotatable bonds is 5. The minimum atomic E-state index is -0.785. The Bertz CT molecular complexity index is 759. The molecule has 0 amide bonds. The first kappa shape index (κ1) is 14.5. The molecule has 3 aromatic rings. The van der Waals surface area contributed by atoms with E-state index in [9.17, 15) is 5.11 Å². The zero-order valence-corrected chi connectivity index (χ0v) is 12.1. The molecule has 0 saturated heterocycles. The van der Waals surface area contributed by atoms with Crippen molar-refractivity contribution in [2.45, 2.75) is 6.10 Å². The number of hydrogen-bond acceptors (Lipinski definition) is 4. The first-order valence-electron chi connectivity index (χ1n) is 7.26. The maximum atomic E-state index is 9.55. The van der Waals surface area contributed by atoms with Gasteiger partial charge in [-0.05, 0) is 12.1 Å². The smallest absolute Gasteiger partial charge is 0.0942 e. The molecule has 0 bridgehead atoms. The summed E-state index contributed by atoms with van der Waals surface area (Å²) in [5.74, 6) is 0. The second-order valence-corrected chi connectivity index (χ2v) is 5.16. The molecule has 4 nitrogen and oxygen atoms in total. The van der Waals surface area contributed by atoms with Crippen molar-refractivity contribution in [2.24, 2.45) is 0 Å². The molecule has 0 radical (unpaired) electrons. The van der Waals surface area contributed by atoms with Crippen molar-refractivity contribution in [1.82, 2.24) is 4.98 Å². The Morgan fingerprint density at radius 3 is 2.50 bits per heavy atom. The lowest BCUT2D eigenvalue weighted by atomic mass is 10.1. The van der Waals surface area contributed by atoms with Gasteiger partial charge in [-0.2, -0.15) is 0 Å². The van der Waals surface area contributed by atoms with Gasteiger partial charge in [-0.1, -0.05) is 48.5 Å². The average molecular weight is 294 g/mol. The quantitative estimate of drug-likeness (QED) is 0.677. The summed E-state index contributed by atoms with van der Waals surface area (Å²) in [6, 6.07) is 19.8. The zero-order valence-electron chi connectivity index (χ0n) is 12.1. The van der Waals surface area contributed by atoms with E-state index in [4.69, 9.17) is 10.1 Å². The number of pyridine rings is 1. The van der Waals surface area contributed by atoms with Crippen LogP contribution in [0.25, 0.3) is 22.2 Å². The molecule has 112 valence electrons. The Hall–Kier alpha value is -2.43. The van der Waals surface area contributed by atoms with Gasteiger partial charge >= 0.3 is 0 Å². The average Bonchev–Trinajstić information content (AvgIpc) is 2.59. The van der Waals surface area contributed by atoms with Gasteiger partial charge in [0.25, 0.3) is 0 Å². The molecule has 1 atom stereocenters. The number of hydrogen-bond donors (Lipinski definition) is 3. The van der Waals surface area contributed by atoms with Crippen molar-refractivity contribution < 1.29 is 10.2 Å². The molecule has 0 spiro atoms. The van der Waals surface area contributed by atoms with Gasteiger partial charge in [-0.3, -0.25) is 0 Å². The van der Waals surface area contributed by atoms with Gasteiger partial charge in [0, 0.05) is 23.2 Å². The van der Waals surface area contributed by atoms with Gasteiger partial charge in [-0.25, -0.2) is 4.98 Å². The van der Waals surface area contributed by atoms with Crippen LogP contribution in [0.15, 0.2) is 60.7 Å². The predicted octanol–water partition coefficient (Wildman–Crippen LogP) is 2.67. The second-order valence-electron chi connectivity index (χ2n) is 5.16. The molecule has 0 aliphatic heterocycles. The van der Waals surface area contributed by atoms with Gasteiger partial charge in [0.05, 0.1) is 23.9 Å². The highest BCUT2D eigenvalue weighted by atomic mass is 16.3. The van der Waals surface area contributed by atoms with Crippen LogP contribution < -0.4 is 5.32 Å². The van der Waals surface area contributed by atoms with Crippen LogP contribution in [0.5, 0.6) is 0 Å². The Kier molecular flexibility index (Phi) is 4.32. The van der Waals surface area contributed by atoms with Crippen molar-refractivity contribution in [3.05, 3.63) is 60.7 Å². The molecule has 0 aliphatic rings. The van der Waals surface area contributed by atoms with Crippen molar-refractivity contribution >= 4 is 16.6 Å². The fourth-order valence-electron chi connectivity index (χ4n) is 2.37. The summed E-state index contributed by atoms with van der Waals surface area (Å²) in [6.45, 7) is 0.0281. The molecule has 3 rings (SSSR count). The van der Waals surface area contributed by atoms with Crippen LogP contribution in [-0.2, 0) is 0 Å². The van der Waals surface area contributed by atoms with Crippen LogP contribution >= 0.6 is 0 Å². The number of nitrogens with one attached hydrogen (secondary N) is 1. The van der Waals surface area contributed by atoms with Crippen molar-refractivity contribution in [3.63, 3.8) is 0 Å². The lowest BCUT2D eigenvalue weighted by Crippen LogP contribution is -2.23. The number of aromatic nitrogens is 1. The standard InChI is InChI=1S/C18H18N2O2/c21-12-14(22)11-19-18-10-17(13-6-2-1-3-7-13)20-16-9-5-4-8-15(16)18/h1-10,14,21-22H,11-12H2,(H,19,20)/t14-/m0/s1. The number of benzene rings is 2. The highest BCUT2D eigenvalue weighted by Crippen LogP contribution is 2.28. The van der Waals surface area contributed by atoms with E-state index in [0.717, 1.165) is 27.8 Å². The summed E-state index contributed by atoms with van der Waals surface area (Å²) in [5.41, 5.74) is 3.71. The van der Waals surface area contributed by atoms with Crippen LogP contribution in [0.2, 0.25) is 0 Å². The highest BCUT2D eigenvalue weighted by Gasteiger charge is 2.08. The second kappa shape index (κ2) is 6.56. The van der Waals surface area contributed by atoms with Gasteiger partial charge in [0.2, 0.25) is 0 Å². The number of para-hydroxylation sites is 1. The van der Waals surface area contributed by atoms with E-state index in [1.807, 2.05) is 60.7 Å². The maximum absolute atomic E-state index is 9.55.